The van der Waals surface area contributed by atoms with Gasteiger partial charge < -0.3 is 5.32 Å². The molecule has 5 nitrogen and oxygen atoms in total. The van der Waals surface area contributed by atoms with E-state index in [9.17, 15) is 9.59 Å². The quantitative estimate of drug-likeness (QED) is 0.524. The fourth-order valence-corrected chi connectivity index (χ4v) is 5.11. The number of rotatable bonds is 4. The third kappa shape index (κ3) is 3.86. The molecular formula is C25H21N3O2S. The number of thioether (sulfide) groups is 1. The number of hydrogen-bond donors (Lipinski definition) is 1. The molecule has 0 aliphatic carbocycles. The Labute approximate surface area is 184 Å². The van der Waals surface area contributed by atoms with Crippen LogP contribution in [0.1, 0.15) is 34.1 Å². The van der Waals surface area contributed by atoms with Gasteiger partial charge in [0.1, 0.15) is 0 Å². The van der Waals surface area contributed by atoms with Crippen molar-refractivity contribution in [1.29, 1.82) is 0 Å². The van der Waals surface area contributed by atoms with Crippen LogP contribution in [0.25, 0.3) is 10.8 Å². The molecule has 3 aromatic carbocycles. The Bertz CT molecular complexity index is 1320. The van der Waals surface area contributed by atoms with Crippen LogP contribution in [0, 0.1) is 0 Å². The van der Waals surface area contributed by atoms with Gasteiger partial charge in [0.05, 0.1) is 18.0 Å². The first-order valence-corrected chi connectivity index (χ1v) is 11.3. The van der Waals surface area contributed by atoms with Crippen molar-refractivity contribution in [2.24, 2.45) is 0 Å². The van der Waals surface area contributed by atoms with E-state index in [0.717, 1.165) is 23.3 Å². The van der Waals surface area contributed by atoms with Gasteiger partial charge in [-0.2, -0.15) is 5.10 Å². The molecule has 0 saturated heterocycles. The summed E-state index contributed by atoms with van der Waals surface area (Å²) in [5.41, 5.74) is 2.17. The molecular weight excluding hydrogens is 406 g/mol. The van der Waals surface area contributed by atoms with Crippen LogP contribution >= 0.6 is 11.8 Å². The second-order valence-corrected chi connectivity index (χ2v) is 8.68. The number of fused-ring (bicyclic) bond motifs is 2. The van der Waals surface area contributed by atoms with Gasteiger partial charge in [-0.1, -0.05) is 66.7 Å². The molecule has 0 radical (unpaired) electrons. The fourth-order valence-electron chi connectivity index (χ4n) is 3.98. The van der Waals surface area contributed by atoms with Crippen LogP contribution in [0.2, 0.25) is 0 Å². The molecule has 6 heteroatoms. The number of nitrogens with zero attached hydrogens (tertiary/aromatic N) is 2. The average molecular weight is 428 g/mol. The van der Waals surface area contributed by atoms with E-state index in [-0.39, 0.29) is 23.2 Å². The molecule has 1 amide bonds. The summed E-state index contributed by atoms with van der Waals surface area (Å²) in [7, 11) is 0. The van der Waals surface area contributed by atoms with Crippen LogP contribution in [-0.2, 0) is 6.54 Å². The zero-order chi connectivity index (χ0) is 21.2. The molecule has 0 unspecified atom stereocenters. The van der Waals surface area contributed by atoms with Gasteiger partial charge in [-0.3, -0.25) is 9.59 Å². The second-order valence-electron chi connectivity index (χ2n) is 7.54. The zero-order valence-electron chi connectivity index (χ0n) is 16.8. The minimum absolute atomic E-state index is 0.0694. The van der Waals surface area contributed by atoms with Crippen LogP contribution < -0.4 is 10.9 Å². The molecule has 4 aromatic rings. The summed E-state index contributed by atoms with van der Waals surface area (Å²) in [6, 6.07) is 24.9. The summed E-state index contributed by atoms with van der Waals surface area (Å²) in [5.74, 6) is 0.689. The van der Waals surface area contributed by atoms with E-state index in [2.05, 4.69) is 22.5 Å². The van der Waals surface area contributed by atoms with E-state index in [4.69, 9.17) is 0 Å². The van der Waals surface area contributed by atoms with Gasteiger partial charge in [0.25, 0.3) is 11.5 Å². The van der Waals surface area contributed by atoms with Crippen molar-refractivity contribution in [3.63, 3.8) is 0 Å². The van der Waals surface area contributed by atoms with Crippen molar-refractivity contribution < 1.29 is 4.79 Å². The molecule has 1 atom stereocenters. The Balaban J connectivity index is 1.54. The lowest BCUT2D eigenvalue weighted by molar-refractivity contribution is 0.0929. The topological polar surface area (TPSA) is 64.0 Å². The molecule has 5 rings (SSSR count). The van der Waals surface area contributed by atoms with Crippen molar-refractivity contribution in [2.45, 2.75) is 23.9 Å². The molecule has 1 aliphatic rings. The lowest BCUT2D eigenvalue weighted by atomic mass is 10.0. The van der Waals surface area contributed by atoms with Crippen molar-refractivity contribution in [3.05, 3.63) is 106 Å². The Morgan fingerprint density at radius 1 is 0.968 bits per heavy atom. The number of amides is 1. The monoisotopic (exact) mass is 427 g/mol. The normalized spacial score (nSPS) is 15.4. The highest BCUT2D eigenvalue weighted by atomic mass is 32.2. The van der Waals surface area contributed by atoms with E-state index in [1.807, 2.05) is 66.4 Å². The highest BCUT2D eigenvalue weighted by Gasteiger charge is 2.24. The van der Waals surface area contributed by atoms with E-state index >= 15 is 0 Å². The molecule has 2 heterocycles. The standard InChI is InChI=1S/C25H21N3O2S/c29-24(26-21-14-15-31-22-13-7-6-12-20(21)22)23-18-10-4-5-11-19(18)25(30)28(27-23)16-17-8-2-1-3-9-17/h1-13,21H,14-16H2,(H,26,29)/t21-/m1/s1. The highest BCUT2D eigenvalue weighted by molar-refractivity contribution is 7.99. The number of carbonyl (C=O) groups excluding carboxylic acids is 1. The first-order valence-electron chi connectivity index (χ1n) is 10.3. The fraction of sp³-hybridized carbons (Fsp3) is 0.160. The van der Waals surface area contributed by atoms with Crippen LogP contribution in [0.5, 0.6) is 0 Å². The molecule has 0 saturated carbocycles. The summed E-state index contributed by atoms with van der Waals surface area (Å²) < 4.78 is 1.39. The van der Waals surface area contributed by atoms with Crippen molar-refractivity contribution in [2.75, 3.05) is 5.75 Å². The number of hydrogen-bond acceptors (Lipinski definition) is 4. The summed E-state index contributed by atoms with van der Waals surface area (Å²) in [6.45, 7) is 0.313. The molecule has 0 fully saturated rings. The molecule has 0 spiro atoms. The number of carbonyl (C=O) groups is 1. The summed E-state index contributed by atoms with van der Waals surface area (Å²) in [6.07, 6.45) is 0.856. The number of aromatic nitrogens is 2. The Morgan fingerprint density at radius 3 is 2.52 bits per heavy atom. The van der Waals surface area contributed by atoms with Gasteiger partial charge in [-0.15, -0.1) is 11.8 Å². The first-order chi connectivity index (χ1) is 15.2. The van der Waals surface area contributed by atoms with Crippen LogP contribution in [-0.4, -0.2) is 21.4 Å². The predicted octanol–water partition coefficient (Wildman–Crippen LogP) is 4.41. The Morgan fingerprint density at radius 2 is 1.68 bits per heavy atom. The van der Waals surface area contributed by atoms with Crippen molar-refractivity contribution >= 4 is 28.4 Å². The van der Waals surface area contributed by atoms with Gasteiger partial charge in [0.2, 0.25) is 0 Å². The second kappa shape index (κ2) is 8.40. The summed E-state index contributed by atoms with van der Waals surface area (Å²) in [5, 5.41) is 8.74. The molecule has 31 heavy (non-hydrogen) atoms. The first kappa shape index (κ1) is 19.6. The molecule has 0 bridgehead atoms. The largest absolute Gasteiger partial charge is 0.344 e. The van der Waals surface area contributed by atoms with Crippen LogP contribution in [0.4, 0.5) is 0 Å². The predicted molar refractivity (Wildman–Crippen MR) is 124 cm³/mol. The number of nitrogens with one attached hydrogen (secondary N) is 1. The maximum absolute atomic E-state index is 13.4. The maximum atomic E-state index is 13.4. The third-order valence-electron chi connectivity index (χ3n) is 5.52. The van der Waals surface area contributed by atoms with Crippen LogP contribution in [0.15, 0.2) is 88.6 Å². The van der Waals surface area contributed by atoms with Gasteiger partial charge in [0, 0.05) is 16.0 Å². The van der Waals surface area contributed by atoms with Gasteiger partial charge >= 0.3 is 0 Å². The van der Waals surface area contributed by atoms with E-state index in [1.54, 1.807) is 12.1 Å². The highest BCUT2D eigenvalue weighted by Crippen LogP contribution is 2.36. The van der Waals surface area contributed by atoms with E-state index < -0.39 is 0 Å². The SMILES string of the molecule is O=C(N[C@@H]1CCSc2ccccc21)c1nn(Cc2ccccc2)c(=O)c2ccccc12. The third-order valence-corrected chi connectivity index (χ3v) is 6.64. The summed E-state index contributed by atoms with van der Waals surface area (Å²) >= 11 is 1.81. The molecule has 154 valence electrons. The smallest absolute Gasteiger partial charge is 0.274 e. The Hall–Kier alpha value is -3.38. The van der Waals surface area contributed by atoms with Gasteiger partial charge in [-0.05, 0) is 29.7 Å². The van der Waals surface area contributed by atoms with Gasteiger partial charge in [0.15, 0.2) is 5.69 Å². The zero-order valence-corrected chi connectivity index (χ0v) is 17.6. The molecule has 1 aliphatic heterocycles. The van der Waals surface area contributed by atoms with Crippen LogP contribution in [0.3, 0.4) is 0 Å². The maximum Gasteiger partial charge on any atom is 0.274 e. The van der Waals surface area contributed by atoms with E-state index in [1.165, 1.54) is 9.58 Å². The van der Waals surface area contributed by atoms with Crippen molar-refractivity contribution in [3.8, 4) is 0 Å². The van der Waals surface area contributed by atoms with E-state index in [0.29, 0.717) is 17.3 Å². The average Bonchev–Trinajstić information content (AvgIpc) is 2.82. The Kier molecular flexibility index (Phi) is 5.30. The summed E-state index contributed by atoms with van der Waals surface area (Å²) in [4.78, 5) is 27.6. The molecule has 1 aromatic heterocycles. The molecule has 1 N–H and O–H groups in total. The van der Waals surface area contributed by atoms with Gasteiger partial charge in [-0.25, -0.2) is 4.68 Å². The number of benzene rings is 3. The minimum atomic E-state index is -0.260. The lowest BCUT2D eigenvalue weighted by Gasteiger charge is -2.26. The van der Waals surface area contributed by atoms with Crippen molar-refractivity contribution in [1.82, 2.24) is 15.1 Å². The minimum Gasteiger partial charge on any atom is -0.344 e. The lowest BCUT2D eigenvalue weighted by Crippen LogP contribution is -2.34.